The van der Waals surface area contributed by atoms with E-state index in [-0.39, 0.29) is 24.8 Å². The van der Waals surface area contributed by atoms with E-state index in [1.54, 1.807) is 62.6 Å². The van der Waals surface area contributed by atoms with Gasteiger partial charge >= 0.3 is 11.9 Å². The number of amides is 2. The van der Waals surface area contributed by atoms with Crippen molar-refractivity contribution in [2.75, 3.05) is 19.9 Å². The van der Waals surface area contributed by atoms with Crippen LogP contribution < -0.4 is 5.32 Å². The van der Waals surface area contributed by atoms with Gasteiger partial charge in [0.15, 0.2) is 0 Å². The summed E-state index contributed by atoms with van der Waals surface area (Å²) in [5.74, 6) is -1.94. The highest BCUT2D eigenvalue weighted by Gasteiger charge is 2.31. The molecule has 10 nitrogen and oxygen atoms in total. The first-order valence-corrected chi connectivity index (χ1v) is 12.8. The molecule has 3 rings (SSSR count). The molecule has 1 aliphatic heterocycles. The molecule has 1 saturated heterocycles. The quantitative estimate of drug-likeness (QED) is 0.351. The molecule has 2 atom stereocenters. The smallest absolute Gasteiger partial charge is 0.331 e. The highest BCUT2D eigenvalue weighted by Crippen LogP contribution is 2.23. The maximum Gasteiger partial charge on any atom is 0.331 e. The SMILES string of the molecule is CC(C)(C)C(=O)OCOC(=O)[C@H](Cc1cccnc1)NC(=O)CN1CCCC(CCc2ccncc2)C1=O. The van der Waals surface area contributed by atoms with Crippen LogP contribution in [0.4, 0.5) is 0 Å². The second kappa shape index (κ2) is 13.6. The van der Waals surface area contributed by atoms with Gasteiger partial charge in [-0.1, -0.05) is 6.07 Å². The van der Waals surface area contributed by atoms with Crippen LogP contribution in [0.3, 0.4) is 0 Å². The molecule has 1 N–H and O–H groups in total. The summed E-state index contributed by atoms with van der Waals surface area (Å²) in [4.78, 5) is 60.4. The zero-order valence-electron chi connectivity index (χ0n) is 22.2. The van der Waals surface area contributed by atoms with E-state index in [0.717, 1.165) is 24.8 Å². The van der Waals surface area contributed by atoms with Crippen LogP contribution in [0.15, 0.2) is 49.1 Å². The van der Waals surface area contributed by atoms with Gasteiger partial charge in [-0.05, 0) is 75.8 Å². The van der Waals surface area contributed by atoms with E-state index in [2.05, 4.69) is 15.3 Å². The highest BCUT2D eigenvalue weighted by molar-refractivity contribution is 5.89. The molecule has 0 aromatic carbocycles. The third-order valence-corrected chi connectivity index (χ3v) is 6.29. The van der Waals surface area contributed by atoms with Crippen molar-refractivity contribution < 1.29 is 28.7 Å². The number of ether oxygens (including phenoxy) is 2. The molecule has 204 valence electrons. The molecule has 2 amide bonds. The minimum Gasteiger partial charge on any atom is -0.427 e. The first-order valence-electron chi connectivity index (χ1n) is 12.8. The Labute approximate surface area is 223 Å². The fourth-order valence-electron chi connectivity index (χ4n) is 4.15. The van der Waals surface area contributed by atoms with Gasteiger partial charge in [-0.25, -0.2) is 4.79 Å². The molecule has 0 spiro atoms. The van der Waals surface area contributed by atoms with Crippen molar-refractivity contribution in [1.82, 2.24) is 20.2 Å². The van der Waals surface area contributed by atoms with E-state index in [0.29, 0.717) is 18.5 Å². The van der Waals surface area contributed by atoms with Crippen molar-refractivity contribution in [2.24, 2.45) is 11.3 Å². The lowest BCUT2D eigenvalue weighted by molar-refractivity contribution is -0.174. The van der Waals surface area contributed by atoms with Gasteiger partial charge in [0.2, 0.25) is 18.6 Å². The number of piperidine rings is 1. The second-order valence-corrected chi connectivity index (χ2v) is 10.4. The van der Waals surface area contributed by atoms with Crippen LogP contribution in [-0.4, -0.2) is 64.5 Å². The minimum atomic E-state index is -1.04. The lowest BCUT2D eigenvalue weighted by Crippen LogP contribution is -2.50. The van der Waals surface area contributed by atoms with Gasteiger partial charge in [0, 0.05) is 43.7 Å². The summed E-state index contributed by atoms with van der Waals surface area (Å²) < 4.78 is 10.2. The number of pyridine rings is 2. The first-order chi connectivity index (χ1) is 18.1. The van der Waals surface area contributed by atoms with E-state index in [1.165, 1.54) is 0 Å². The molecule has 38 heavy (non-hydrogen) atoms. The van der Waals surface area contributed by atoms with Gasteiger partial charge in [0.25, 0.3) is 0 Å². The number of carbonyl (C=O) groups excluding carboxylic acids is 4. The molecule has 2 aromatic heterocycles. The summed E-state index contributed by atoms with van der Waals surface area (Å²) in [7, 11) is 0. The fraction of sp³-hybridized carbons (Fsp3) is 0.500. The second-order valence-electron chi connectivity index (χ2n) is 10.4. The fourth-order valence-corrected chi connectivity index (χ4v) is 4.15. The lowest BCUT2D eigenvalue weighted by atomic mass is 9.91. The third kappa shape index (κ3) is 8.93. The van der Waals surface area contributed by atoms with Gasteiger partial charge in [0.05, 0.1) is 12.0 Å². The van der Waals surface area contributed by atoms with Crippen LogP contribution >= 0.6 is 0 Å². The molecule has 1 aliphatic rings. The maximum absolute atomic E-state index is 13.1. The third-order valence-electron chi connectivity index (χ3n) is 6.29. The largest absolute Gasteiger partial charge is 0.427 e. The van der Waals surface area contributed by atoms with Crippen LogP contribution in [0.5, 0.6) is 0 Å². The van der Waals surface area contributed by atoms with E-state index in [1.807, 2.05) is 12.1 Å². The molecular weight excluding hydrogens is 488 g/mol. The van der Waals surface area contributed by atoms with E-state index < -0.39 is 36.1 Å². The number of hydrogen-bond donors (Lipinski definition) is 1. The monoisotopic (exact) mass is 524 g/mol. The summed E-state index contributed by atoms with van der Waals surface area (Å²) in [5, 5.41) is 2.69. The number of hydrogen-bond acceptors (Lipinski definition) is 8. The Kier molecular flexibility index (Phi) is 10.3. The maximum atomic E-state index is 13.1. The Hall–Kier alpha value is -3.82. The van der Waals surface area contributed by atoms with Crippen LogP contribution in [0.2, 0.25) is 0 Å². The first kappa shape index (κ1) is 28.7. The predicted octanol–water partition coefficient (Wildman–Crippen LogP) is 2.47. The van der Waals surface area contributed by atoms with Crippen molar-refractivity contribution in [3.8, 4) is 0 Å². The van der Waals surface area contributed by atoms with Gasteiger partial charge in [-0.2, -0.15) is 0 Å². The average Bonchev–Trinajstić information content (AvgIpc) is 2.89. The minimum absolute atomic E-state index is 0.0547. The van der Waals surface area contributed by atoms with Crippen molar-refractivity contribution in [1.29, 1.82) is 0 Å². The lowest BCUT2D eigenvalue weighted by Gasteiger charge is -2.32. The van der Waals surface area contributed by atoms with Gasteiger partial charge in [-0.15, -0.1) is 0 Å². The van der Waals surface area contributed by atoms with Gasteiger partial charge in [-0.3, -0.25) is 24.4 Å². The molecule has 0 bridgehead atoms. The number of aryl methyl sites for hydroxylation is 1. The molecule has 1 unspecified atom stereocenters. The summed E-state index contributed by atoms with van der Waals surface area (Å²) in [5.41, 5.74) is 1.09. The average molecular weight is 525 g/mol. The van der Waals surface area contributed by atoms with Crippen molar-refractivity contribution in [3.63, 3.8) is 0 Å². The zero-order chi connectivity index (χ0) is 27.5. The van der Waals surface area contributed by atoms with Crippen LogP contribution in [0.25, 0.3) is 0 Å². The molecule has 10 heteroatoms. The molecule has 0 radical (unpaired) electrons. The number of nitrogens with one attached hydrogen (secondary N) is 1. The number of likely N-dealkylation sites (tertiary alicyclic amines) is 1. The predicted molar refractivity (Wildman–Crippen MR) is 138 cm³/mol. The number of rotatable bonds is 11. The molecule has 1 fully saturated rings. The van der Waals surface area contributed by atoms with E-state index in [9.17, 15) is 19.2 Å². The number of nitrogens with zero attached hydrogens (tertiary/aromatic N) is 3. The number of carbonyl (C=O) groups is 4. The number of esters is 2. The summed E-state index contributed by atoms with van der Waals surface area (Å²) in [6.07, 6.45) is 9.84. The Balaban J connectivity index is 1.57. The van der Waals surface area contributed by atoms with E-state index in [4.69, 9.17) is 9.47 Å². The summed E-state index contributed by atoms with van der Waals surface area (Å²) in [6, 6.07) is 6.33. The molecule has 0 aliphatic carbocycles. The Morgan fingerprint density at radius 3 is 2.53 bits per heavy atom. The summed E-state index contributed by atoms with van der Waals surface area (Å²) >= 11 is 0. The van der Waals surface area contributed by atoms with Crippen LogP contribution in [-0.2, 0) is 41.5 Å². The van der Waals surface area contributed by atoms with Crippen molar-refractivity contribution >= 4 is 23.8 Å². The Morgan fingerprint density at radius 2 is 1.84 bits per heavy atom. The Morgan fingerprint density at radius 1 is 1.08 bits per heavy atom. The summed E-state index contributed by atoms with van der Waals surface area (Å²) in [6.45, 7) is 4.84. The molecule has 0 saturated carbocycles. The normalized spacial score (nSPS) is 16.4. The Bertz CT molecular complexity index is 1090. The number of aromatic nitrogens is 2. The molecule has 2 aromatic rings. The van der Waals surface area contributed by atoms with Gasteiger partial charge < -0.3 is 19.7 Å². The van der Waals surface area contributed by atoms with Gasteiger partial charge in [0.1, 0.15) is 6.04 Å². The van der Waals surface area contributed by atoms with Crippen molar-refractivity contribution in [2.45, 2.75) is 58.9 Å². The van der Waals surface area contributed by atoms with Crippen molar-refractivity contribution in [3.05, 3.63) is 60.2 Å². The topological polar surface area (TPSA) is 128 Å². The molecular formula is C28H36N4O6. The zero-order valence-corrected chi connectivity index (χ0v) is 22.2. The van der Waals surface area contributed by atoms with Crippen LogP contribution in [0.1, 0.15) is 51.2 Å². The standard InChI is InChI=1S/C28H36N4O6/c1-28(2,3)27(36)38-19-37-26(35)23(16-21-6-4-12-30-17-21)31-24(33)18-32-15-5-7-22(25(32)34)9-8-20-10-13-29-14-11-20/h4,6,10-14,17,22-23H,5,7-9,15-16,18-19H2,1-3H3,(H,31,33)/t22?,23-/m0/s1. The molecule has 3 heterocycles. The highest BCUT2D eigenvalue weighted by atomic mass is 16.7. The van der Waals surface area contributed by atoms with E-state index >= 15 is 0 Å². The van der Waals surface area contributed by atoms with Crippen LogP contribution in [0, 0.1) is 11.3 Å².